The molecular formula is C23H29ClFN3O4S. The molecular weight excluding hydrogens is 469 g/mol. The zero-order chi connectivity index (χ0) is 24.8. The Labute approximate surface area is 199 Å². The van der Waals surface area contributed by atoms with E-state index in [9.17, 15) is 22.4 Å². The molecule has 0 aliphatic rings. The number of para-hydroxylation sites is 1. The molecule has 7 nitrogen and oxygen atoms in total. The summed E-state index contributed by atoms with van der Waals surface area (Å²) in [4.78, 5) is 27.4. The number of nitrogens with zero attached hydrogens (tertiary/aromatic N) is 2. The maximum atomic E-state index is 13.4. The van der Waals surface area contributed by atoms with Crippen LogP contribution in [0.5, 0.6) is 0 Å². The predicted octanol–water partition coefficient (Wildman–Crippen LogP) is 3.43. The third-order valence-electron chi connectivity index (χ3n) is 4.92. The molecule has 33 heavy (non-hydrogen) atoms. The molecule has 180 valence electrons. The Bertz CT molecular complexity index is 1080. The maximum Gasteiger partial charge on any atom is 0.244 e. The monoisotopic (exact) mass is 497 g/mol. The van der Waals surface area contributed by atoms with E-state index in [0.29, 0.717) is 12.1 Å². The van der Waals surface area contributed by atoms with Gasteiger partial charge in [0.05, 0.1) is 17.0 Å². The molecule has 2 amide bonds. The second kappa shape index (κ2) is 11.5. The molecule has 0 saturated heterocycles. The summed E-state index contributed by atoms with van der Waals surface area (Å²) in [7, 11) is -3.86. The molecule has 2 aromatic carbocycles. The van der Waals surface area contributed by atoms with Gasteiger partial charge in [-0.2, -0.15) is 0 Å². The van der Waals surface area contributed by atoms with Crippen LogP contribution in [0.2, 0.25) is 5.02 Å². The fourth-order valence-electron chi connectivity index (χ4n) is 3.07. The van der Waals surface area contributed by atoms with Gasteiger partial charge in [-0.15, -0.1) is 0 Å². The van der Waals surface area contributed by atoms with Gasteiger partial charge >= 0.3 is 0 Å². The summed E-state index contributed by atoms with van der Waals surface area (Å²) in [5.74, 6) is -1.19. The van der Waals surface area contributed by atoms with Crippen molar-refractivity contribution in [3.8, 4) is 0 Å². The zero-order valence-electron chi connectivity index (χ0n) is 19.1. The molecule has 0 unspecified atom stereocenters. The van der Waals surface area contributed by atoms with Gasteiger partial charge in [0.1, 0.15) is 18.4 Å². The topological polar surface area (TPSA) is 86.8 Å². The third kappa shape index (κ3) is 7.71. The number of hydrogen-bond acceptors (Lipinski definition) is 4. The van der Waals surface area contributed by atoms with Crippen LogP contribution in [-0.4, -0.2) is 50.5 Å². The van der Waals surface area contributed by atoms with Crippen LogP contribution in [0.25, 0.3) is 0 Å². The second-order valence-electron chi connectivity index (χ2n) is 8.18. The molecule has 0 fully saturated rings. The van der Waals surface area contributed by atoms with E-state index in [1.165, 1.54) is 41.3 Å². The predicted molar refractivity (Wildman–Crippen MR) is 128 cm³/mol. The van der Waals surface area contributed by atoms with Crippen molar-refractivity contribution in [3.63, 3.8) is 0 Å². The van der Waals surface area contributed by atoms with E-state index in [0.717, 1.165) is 10.6 Å². The van der Waals surface area contributed by atoms with Gasteiger partial charge in [0.15, 0.2) is 0 Å². The fourth-order valence-corrected chi connectivity index (χ4v) is 4.22. The lowest BCUT2D eigenvalue weighted by Gasteiger charge is -2.31. The summed E-state index contributed by atoms with van der Waals surface area (Å²) in [5.41, 5.74) is 0.755. The highest BCUT2D eigenvalue weighted by atomic mass is 35.5. The van der Waals surface area contributed by atoms with Gasteiger partial charge in [0, 0.05) is 13.1 Å². The fraction of sp³-hybridized carbons (Fsp3) is 0.391. The summed E-state index contributed by atoms with van der Waals surface area (Å²) in [5, 5.41) is 2.96. The van der Waals surface area contributed by atoms with Gasteiger partial charge in [-0.1, -0.05) is 49.7 Å². The van der Waals surface area contributed by atoms with Crippen molar-refractivity contribution < 1.29 is 22.4 Å². The van der Waals surface area contributed by atoms with Crippen LogP contribution in [0, 0.1) is 11.7 Å². The largest absolute Gasteiger partial charge is 0.354 e. The Morgan fingerprint density at radius 3 is 2.21 bits per heavy atom. The van der Waals surface area contributed by atoms with Crippen molar-refractivity contribution in [2.24, 2.45) is 5.92 Å². The summed E-state index contributed by atoms with van der Waals surface area (Å²) in [6, 6.07) is 10.9. The number of nitrogens with one attached hydrogen (secondary N) is 1. The first-order chi connectivity index (χ1) is 15.4. The standard InChI is InChI=1S/C23H29ClFN3O4S/c1-16(2)13-26-23(30)17(3)27(14-18-9-11-19(25)12-10-18)22(29)15-28(33(4,31)32)21-8-6-5-7-20(21)24/h5-12,16-17H,13-15H2,1-4H3,(H,26,30)/t17-/m1/s1. The highest BCUT2D eigenvalue weighted by molar-refractivity contribution is 7.92. The number of sulfonamides is 1. The van der Waals surface area contributed by atoms with Crippen LogP contribution in [0.3, 0.4) is 0 Å². The third-order valence-corrected chi connectivity index (χ3v) is 6.36. The van der Waals surface area contributed by atoms with Gasteiger partial charge in [0.25, 0.3) is 0 Å². The summed E-state index contributed by atoms with van der Waals surface area (Å²) in [6.07, 6.45) is 0.979. The van der Waals surface area contributed by atoms with Crippen LogP contribution in [-0.2, 0) is 26.2 Å². The van der Waals surface area contributed by atoms with Crippen LogP contribution >= 0.6 is 11.6 Å². The Balaban J connectivity index is 2.36. The van der Waals surface area contributed by atoms with E-state index in [4.69, 9.17) is 11.6 Å². The Morgan fingerprint density at radius 2 is 1.67 bits per heavy atom. The number of anilines is 1. The SMILES string of the molecule is CC(C)CNC(=O)[C@@H](C)N(Cc1ccc(F)cc1)C(=O)CN(c1ccccc1Cl)S(C)(=O)=O. The van der Waals surface area contributed by atoms with E-state index in [2.05, 4.69) is 5.32 Å². The first kappa shape index (κ1) is 26.6. The van der Waals surface area contributed by atoms with Crippen LogP contribution in [0.1, 0.15) is 26.3 Å². The number of benzene rings is 2. The van der Waals surface area contributed by atoms with Gasteiger partial charge in [-0.3, -0.25) is 13.9 Å². The molecule has 1 N–H and O–H groups in total. The van der Waals surface area contributed by atoms with E-state index < -0.39 is 34.3 Å². The number of carbonyl (C=O) groups is 2. The smallest absolute Gasteiger partial charge is 0.244 e. The molecule has 2 rings (SSSR count). The number of carbonyl (C=O) groups excluding carboxylic acids is 2. The minimum Gasteiger partial charge on any atom is -0.354 e. The Hall–Kier alpha value is -2.65. The molecule has 0 aromatic heterocycles. The van der Waals surface area contributed by atoms with Crippen molar-refractivity contribution in [1.82, 2.24) is 10.2 Å². The number of halogens is 2. The van der Waals surface area contributed by atoms with Gasteiger partial charge in [-0.05, 0) is 42.7 Å². The average molecular weight is 498 g/mol. The summed E-state index contributed by atoms with van der Waals surface area (Å²) in [6.45, 7) is 5.33. The molecule has 0 heterocycles. The van der Waals surface area contributed by atoms with Gasteiger partial charge in [0.2, 0.25) is 21.8 Å². The lowest BCUT2D eigenvalue weighted by atomic mass is 10.1. The molecule has 0 aliphatic carbocycles. The van der Waals surface area contributed by atoms with Crippen molar-refractivity contribution in [3.05, 3.63) is 64.9 Å². The normalized spacial score (nSPS) is 12.3. The number of rotatable bonds is 10. The van der Waals surface area contributed by atoms with Crippen molar-refractivity contribution in [2.45, 2.75) is 33.4 Å². The number of hydrogen-bond donors (Lipinski definition) is 1. The first-order valence-electron chi connectivity index (χ1n) is 10.4. The second-order valence-corrected chi connectivity index (χ2v) is 10.5. The van der Waals surface area contributed by atoms with Gasteiger partial charge in [-0.25, -0.2) is 12.8 Å². The summed E-state index contributed by atoms with van der Waals surface area (Å²) < 4.78 is 39.2. The Kier molecular flexibility index (Phi) is 9.25. The van der Waals surface area contributed by atoms with Crippen LogP contribution in [0.15, 0.2) is 48.5 Å². The van der Waals surface area contributed by atoms with Crippen LogP contribution < -0.4 is 9.62 Å². The van der Waals surface area contributed by atoms with Gasteiger partial charge < -0.3 is 10.2 Å². The van der Waals surface area contributed by atoms with E-state index in [1.54, 1.807) is 19.1 Å². The highest BCUT2D eigenvalue weighted by Gasteiger charge is 2.30. The highest BCUT2D eigenvalue weighted by Crippen LogP contribution is 2.27. The lowest BCUT2D eigenvalue weighted by molar-refractivity contribution is -0.139. The first-order valence-corrected chi connectivity index (χ1v) is 12.7. The van der Waals surface area contributed by atoms with E-state index in [-0.39, 0.29) is 29.1 Å². The van der Waals surface area contributed by atoms with Crippen molar-refractivity contribution in [1.29, 1.82) is 0 Å². The summed E-state index contributed by atoms with van der Waals surface area (Å²) >= 11 is 6.19. The minimum atomic E-state index is -3.86. The molecule has 0 aliphatic heterocycles. The molecule has 0 bridgehead atoms. The quantitative estimate of drug-likeness (QED) is 0.544. The van der Waals surface area contributed by atoms with E-state index >= 15 is 0 Å². The molecule has 1 atom stereocenters. The molecule has 0 radical (unpaired) electrons. The molecule has 0 spiro atoms. The van der Waals surface area contributed by atoms with Crippen molar-refractivity contribution >= 4 is 39.1 Å². The molecule has 10 heteroatoms. The average Bonchev–Trinajstić information content (AvgIpc) is 2.74. The lowest BCUT2D eigenvalue weighted by Crippen LogP contribution is -2.51. The maximum absolute atomic E-state index is 13.4. The van der Waals surface area contributed by atoms with Crippen molar-refractivity contribution in [2.75, 3.05) is 23.7 Å². The minimum absolute atomic E-state index is 0.00446. The molecule has 0 saturated carbocycles. The zero-order valence-corrected chi connectivity index (χ0v) is 20.7. The molecule has 2 aromatic rings. The van der Waals surface area contributed by atoms with Crippen LogP contribution in [0.4, 0.5) is 10.1 Å². The Morgan fingerprint density at radius 1 is 1.06 bits per heavy atom. The number of amides is 2. The van der Waals surface area contributed by atoms with E-state index in [1.807, 2.05) is 13.8 Å².